The third kappa shape index (κ3) is 1.57. The first-order chi connectivity index (χ1) is 8.27. The summed E-state index contributed by atoms with van der Waals surface area (Å²) in [4.78, 5) is 16.9. The van der Waals surface area contributed by atoms with Crippen LogP contribution in [-0.2, 0) is 0 Å². The van der Waals surface area contributed by atoms with Crippen molar-refractivity contribution in [1.82, 2.24) is 9.38 Å². The number of Topliss-reactive ketones (excluding diaryl/α,β-unsaturated/α-hetero) is 1. The predicted molar refractivity (Wildman–Crippen MR) is 68.5 cm³/mol. The monoisotopic (exact) mass is 242 g/mol. The molecule has 4 heteroatoms. The molecule has 0 unspecified atom stereocenters. The lowest BCUT2D eigenvalue weighted by Gasteiger charge is -2.01. The van der Waals surface area contributed by atoms with E-state index >= 15 is 0 Å². The van der Waals surface area contributed by atoms with Gasteiger partial charge in [-0.3, -0.25) is 9.20 Å². The fraction of sp³-hybridized carbons (Fsp3) is 0.0769. The number of benzene rings is 1. The molecule has 0 spiro atoms. The normalized spacial score (nSPS) is 10.9. The molecule has 3 nitrogen and oxygen atoms in total. The number of rotatable bonds is 2. The minimum absolute atomic E-state index is 0.000229. The van der Waals surface area contributed by atoms with Crippen LogP contribution < -0.4 is 0 Å². The van der Waals surface area contributed by atoms with Crippen LogP contribution in [0.15, 0.2) is 41.9 Å². The maximum atomic E-state index is 11.6. The Bertz CT molecular complexity index is 682. The lowest BCUT2D eigenvalue weighted by molar-refractivity contribution is 0.101. The molecule has 0 bridgehead atoms. The van der Waals surface area contributed by atoms with Gasteiger partial charge in [-0.25, -0.2) is 4.98 Å². The van der Waals surface area contributed by atoms with E-state index in [1.165, 1.54) is 11.3 Å². The van der Waals surface area contributed by atoms with E-state index < -0.39 is 0 Å². The number of carbonyl (C=O) groups excluding carboxylic acids is 1. The van der Waals surface area contributed by atoms with Crippen molar-refractivity contribution < 1.29 is 4.79 Å². The van der Waals surface area contributed by atoms with E-state index in [0.717, 1.165) is 16.2 Å². The van der Waals surface area contributed by atoms with Crippen LogP contribution in [0.4, 0.5) is 0 Å². The number of fused-ring (bicyclic) bond motifs is 1. The molecule has 1 aromatic carbocycles. The van der Waals surface area contributed by atoms with Crippen LogP contribution >= 0.6 is 11.3 Å². The Morgan fingerprint density at radius 3 is 2.76 bits per heavy atom. The van der Waals surface area contributed by atoms with Gasteiger partial charge < -0.3 is 0 Å². The second-order valence-electron chi connectivity index (χ2n) is 3.79. The SMILES string of the molecule is CC(=O)c1nc2sccn2c1-c1ccccc1. The standard InChI is InChI=1S/C13H10N2OS/c1-9(16)11-12(10-5-3-2-4-6-10)15-7-8-17-13(15)14-11/h2-8H,1H3. The van der Waals surface area contributed by atoms with Crippen LogP contribution in [0.1, 0.15) is 17.4 Å². The van der Waals surface area contributed by atoms with E-state index in [0.29, 0.717) is 5.69 Å². The summed E-state index contributed by atoms with van der Waals surface area (Å²) in [6.07, 6.45) is 1.95. The number of ketones is 1. The Hall–Kier alpha value is -1.94. The highest BCUT2D eigenvalue weighted by Gasteiger charge is 2.17. The van der Waals surface area contributed by atoms with Gasteiger partial charge in [0.05, 0.1) is 5.69 Å². The van der Waals surface area contributed by atoms with Crippen LogP contribution in [0.5, 0.6) is 0 Å². The number of imidazole rings is 1. The molecule has 0 aliphatic carbocycles. The molecule has 0 saturated carbocycles. The number of thiazole rings is 1. The van der Waals surface area contributed by atoms with Gasteiger partial charge in [-0.2, -0.15) is 0 Å². The van der Waals surface area contributed by atoms with Crippen molar-refractivity contribution in [2.45, 2.75) is 6.92 Å². The number of hydrogen-bond donors (Lipinski definition) is 0. The van der Waals surface area contributed by atoms with Crippen LogP contribution in [0.25, 0.3) is 16.2 Å². The van der Waals surface area contributed by atoms with E-state index in [1.807, 2.05) is 46.3 Å². The fourth-order valence-electron chi connectivity index (χ4n) is 1.90. The van der Waals surface area contributed by atoms with Crippen molar-refractivity contribution in [3.05, 3.63) is 47.6 Å². The van der Waals surface area contributed by atoms with E-state index in [9.17, 15) is 4.79 Å². The Kier molecular flexibility index (Phi) is 2.30. The second-order valence-corrected chi connectivity index (χ2v) is 4.66. The van der Waals surface area contributed by atoms with Crippen molar-refractivity contribution in [1.29, 1.82) is 0 Å². The molecule has 84 valence electrons. The number of aromatic nitrogens is 2. The molecule has 3 rings (SSSR count). The second kappa shape index (κ2) is 3.82. The third-order valence-corrected chi connectivity index (χ3v) is 3.40. The Morgan fingerprint density at radius 2 is 2.06 bits per heavy atom. The lowest BCUT2D eigenvalue weighted by Crippen LogP contribution is -1.96. The molecule has 0 radical (unpaired) electrons. The number of carbonyl (C=O) groups is 1. The minimum Gasteiger partial charge on any atom is -0.293 e. The van der Waals surface area contributed by atoms with Crippen molar-refractivity contribution in [2.24, 2.45) is 0 Å². The third-order valence-electron chi connectivity index (χ3n) is 2.64. The average molecular weight is 242 g/mol. The van der Waals surface area contributed by atoms with E-state index in [1.54, 1.807) is 6.92 Å². The van der Waals surface area contributed by atoms with Gasteiger partial charge in [-0.05, 0) is 0 Å². The average Bonchev–Trinajstić information content (AvgIpc) is 2.89. The molecule has 3 aromatic rings. The molecule has 0 fully saturated rings. The molecule has 0 saturated heterocycles. The molecular formula is C13H10N2OS. The summed E-state index contributed by atoms with van der Waals surface area (Å²) >= 11 is 1.53. The summed E-state index contributed by atoms with van der Waals surface area (Å²) in [6.45, 7) is 1.55. The maximum absolute atomic E-state index is 11.6. The summed E-state index contributed by atoms with van der Waals surface area (Å²) in [5.41, 5.74) is 2.45. The summed E-state index contributed by atoms with van der Waals surface area (Å²) in [7, 11) is 0. The predicted octanol–water partition coefficient (Wildman–Crippen LogP) is 3.27. The van der Waals surface area contributed by atoms with Gasteiger partial charge in [-0.1, -0.05) is 30.3 Å². The molecule has 2 aromatic heterocycles. The highest BCUT2D eigenvalue weighted by Crippen LogP contribution is 2.27. The van der Waals surface area contributed by atoms with Gasteiger partial charge in [0.1, 0.15) is 5.69 Å². The summed E-state index contributed by atoms with van der Waals surface area (Å²) in [5, 5.41) is 1.97. The van der Waals surface area contributed by atoms with Crippen LogP contribution in [-0.4, -0.2) is 15.2 Å². The topological polar surface area (TPSA) is 34.4 Å². The molecule has 17 heavy (non-hydrogen) atoms. The summed E-state index contributed by atoms with van der Waals surface area (Å²) in [5.74, 6) is -0.000229. The van der Waals surface area contributed by atoms with Crippen LogP contribution in [0.2, 0.25) is 0 Å². The van der Waals surface area contributed by atoms with Gasteiger partial charge in [0.25, 0.3) is 0 Å². The quantitative estimate of drug-likeness (QED) is 0.646. The minimum atomic E-state index is -0.000229. The van der Waals surface area contributed by atoms with Crippen LogP contribution in [0, 0.1) is 0 Å². The lowest BCUT2D eigenvalue weighted by atomic mass is 10.1. The first-order valence-electron chi connectivity index (χ1n) is 5.29. The van der Waals surface area contributed by atoms with Gasteiger partial charge in [0, 0.05) is 24.1 Å². The fourth-order valence-corrected chi connectivity index (χ4v) is 2.62. The van der Waals surface area contributed by atoms with E-state index in [2.05, 4.69) is 4.98 Å². The van der Waals surface area contributed by atoms with Gasteiger partial charge in [-0.15, -0.1) is 11.3 Å². The molecule has 0 amide bonds. The first kappa shape index (κ1) is 10.2. The zero-order chi connectivity index (χ0) is 11.8. The zero-order valence-electron chi connectivity index (χ0n) is 9.25. The first-order valence-corrected chi connectivity index (χ1v) is 6.17. The highest BCUT2D eigenvalue weighted by molar-refractivity contribution is 7.15. The zero-order valence-corrected chi connectivity index (χ0v) is 10.1. The highest BCUT2D eigenvalue weighted by atomic mass is 32.1. The smallest absolute Gasteiger partial charge is 0.194 e. The van der Waals surface area contributed by atoms with E-state index in [4.69, 9.17) is 0 Å². The Balaban J connectivity index is 2.36. The largest absolute Gasteiger partial charge is 0.293 e. The summed E-state index contributed by atoms with van der Waals surface area (Å²) in [6, 6.07) is 9.87. The summed E-state index contributed by atoms with van der Waals surface area (Å²) < 4.78 is 1.97. The number of hydrogen-bond acceptors (Lipinski definition) is 3. The molecule has 0 aliphatic rings. The Labute approximate surface area is 102 Å². The molecule has 2 heterocycles. The van der Waals surface area contributed by atoms with E-state index in [-0.39, 0.29) is 5.78 Å². The maximum Gasteiger partial charge on any atom is 0.194 e. The Morgan fingerprint density at radius 1 is 1.29 bits per heavy atom. The van der Waals surface area contributed by atoms with Gasteiger partial charge in [0.15, 0.2) is 10.7 Å². The molecule has 0 atom stereocenters. The van der Waals surface area contributed by atoms with Crippen molar-refractivity contribution in [3.63, 3.8) is 0 Å². The van der Waals surface area contributed by atoms with Crippen molar-refractivity contribution in [2.75, 3.05) is 0 Å². The molecule has 0 aliphatic heterocycles. The molecule has 0 N–H and O–H groups in total. The van der Waals surface area contributed by atoms with Gasteiger partial charge >= 0.3 is 0 Å². The molecular weight excluding hydrogens is 232 g/mol. The van der Waals surface area contributed by atoms with Crippen LogP contribution in [0.3, 0.4) is 0 Å². The van der Waals surface area contributed by atoms with Gasteiger partial charge in [0.2, 0.25) is 0 Å². The van der Waals surface area contributed by atoms with Crippen molar-refractivity contribution in [3.8, 4) is 11.3 Å². The number of nitrogens with zero attached hydrogens (tertiary/aromatic N) is 2. The van der Waals surface area contributed by atoms with Crippen molar-refractivity contribution >= 4 is 22.1 Å².